The predicted octanol–water partition coefficient (Wildman–Crippen LogP) is 3.55. The molecule has 0 saturated carbocycles. The van der Waals surface area contributed by atoms with Crippen LogP contribution >= 0.6 is 0 Å². The number of methoxy groups -OCH3 is 1. The molecular weight excluding hydrogens is 291 g/mol. The average molecular weight is 310 g/mol. The van der Waals surface area contributed by atoms with E-state index in [0.29, 0.717) is 5.56 Å². The van der Waals surface area contributed by atoms with E-state index in [1.807, 2.05) is 0 Å². The fraction of sp³-hybridized carbons (Fsp3) is 0.375. The van der Waals surface area contributed by atoms with Gasteiger partial charge in [0.2, 0.25) is 0 Å². The Kier molecular flexibility index (Phi) is 5.68. The lowest BCUT2D eigenvalue weighted by Crippen LogP contribution is -2.27. The molecule has 1 aromatic rings. The number of rotatable bonds is 4. The smallest absolute Gasteiger partial charge is 0.466 e. The van der Waals surface area contributed by atoms with Crippen molar-refractivity contribution in [1.82, 2.24) is 0 Å². The van der Waals surface area contributed by atoms with E-state index >= 15 is 0 Å². The van der Waals surface area contributed by atoms with Crippen molar-refractivity contribution in [1.29, 1.82) is 0 Å². The average Bonchev–Trinajstić information content (AvgIpc) is 2.42. The number of halogens is 1. The zero-order valence-electron chi connectivity index (χ0n) is 13.0. The number of hydrogen-bond donors (Lipinski definition) is 0. The summed E-state index contributed by atoms with van der Waals surface area (Å²) >= 11 is 0. The molecule has 120 valence electrons. The minimum absolute atomic E-state index is 0.0973. The monoisotopic (exact) mass is 310 g/mol. The maximum absolute atomic E-state index is 13.0. The van der Waals surface area contributed by atoms with Crippen molar-refractivity contribution in [3.8, 4) is 0 Å². The molecule has 1 aromatic carbocycles. The number of benzene rings is 1. The molecule has 1 atom stereocenters. The van der Waals surface area contributed by atoms with Gasteiger partial charge in [-0.1, -0.05) is 18.7 Å². The molecule has 0 spiro atoms. The lowest BCUT2D eigenvalue weighted by atomic mass is 10.0. The lowest BCUT2D eigenvalue weighted by molar-refractivity contribution is -0.137. The zero-order valence-corrected chi connectivity index (χ0v) is 13.0. The second-order valence-corrected chi connectivity index (χ2v) is 5.53. The summed E-state index contributed by atoms with van der Waals surface area (Å²) in [5.41, 5.74) is -0.473. The quantitative estimate of drug-likeness (QED) is 0.628. The highest BCUT2D eigenvalue weighted by Crippen LogP contribution is 2.27. The highest BCUT2D eigenvalue weighted by molar-refractivity contribution is 5.89. The molecule has 0 aliphatic carbocycles. The SMILES string of the molecule is C=C(C(=O)OC)C(OC(=O)OC(C)(C)C)c1ccc(F)cc1. The van der Waals surface area contributed by atoms with E-state index in [2.05, 4.69) is 11.3 Å². The maximum atomic E-state index is 13.0. The first kappa shape index (κ1) is 17.7. The molecule has 0 radical (unpaired) electrons. The molecule has 0 bridgehead atoms. The second-order valence-electron chi connectivity index (χ2n) is 5.53. The first-order chi connectivity index (χ1) is 10.1. The Hall–Kier alpha value is -2.37. The van der Waals surface area contributed by atoms with E-state index in [1.165, 1.54) is 31.4 Å². The van der Waals surface area contributed by atoms with Gasteiger partial charge in [0.1, 0.15) is 11.4 Å². The molecule has 0 heterocycles. The van der Waals surface area contributed by atoms with Gasteiger partial charge in [0.25, 0.3) is 0 Å². The van der Waals surface area contributed by atoms with E-state index in [9.17, 15) is 14.0 Å². The minimum Gasteiger partial charge on any atom is -0.466 e. The number of ether oxygens (including phenoxy) is 3. The van der Waals surface area contributed by atoms with Gasteiger partial charge in [-0.2, -0.15) is 0 Å². The molecule has 0 aromatic heterocycles. The van der Waals surface area contributed by atoms with Crippen LogP contribution in [-0.2, 0) is 19.0 Å². The van der Waals surface area contributed by atoms with Gasteiger partial charge in [-0.05, 0) is 38.5 Å². The van der Waals surface area contributed by atoms with Gasteiger partial charge in [-0.25, -0.2) is 14.0 Å². The van der Waals surface area contributed by atoms with Crippen molar-refractivity contribution in [2.45, 2.75) is 32.5 Å². The molecule has 1 rings (SSSR count). The molecule has 6 heteroatoms. The van der Waals surface area contributed by atoms with Crippen LogP contribution in [0.5, 0.6) is 0 Å². The number of carbonyl (C=O) groups excluding carboxylic acids is 2. The van der Waals surface area contributed by atoms with Crippen LogP contribution in [0.3, 0.4) is 0 Å². The minimum atomic E-state index is -1.12. The largest absolute Gasteiger partial charge is 0.509 e. The summed E-state index contributed by atoms with van der Waals surface area (Å²) in [5.74, 6) is -1.19. The molecule has 5 nitrogen and oxygen atoms in total. The van der Waals surface area contributed by atoms with Crippen molar-refractivity contribution in [2.75, 3.05) is 7.11 Å². The molecule has 22 heavy (non-hydrogen) atoms. The van der Waals surface area contributed by atoms with Crippen molar-refractivity contribution < 1.29 is 28.2 Å². The van der Waals surface area contributed by atoms with E-state index in [1.54, 1.807) is 20.8 Å². The Morgan fingerprint density at radius 3 is 2.18 bits per heavy atom. The van der Waals surface area contributed by atoms with Gasteiger partial charge in [-0.15, -0.1) is 0 Å². The summed E-state index contributed by atoms with van der Waals surface area (Å²) < 4.78 is 27.8. The third kappa shape index (κ3) is 5.20. The fourth-order valence-electron chi connectivity index (χ4n) is 1.59. The predicted molar refractivity (Wildman–Crippen MR) is 77.6 cm³/mol. The molecular formula is C16H19FO5. The van der Waals surface area contributed by atoms with Crippen molar-refractivity contribution >= 4 is 12.1 Å². The van der Waals surface area contributed by atoms with Gasteiger partial charge in [-0.3, -0.25) is 0 Å². The summed E-state index contributed by atoms with van der Waals surface area (Å²) in [6.07, 6.45) is -2.09. The molecule has 1 unspecified atom stereocenters. The lowest BCUT2D eigenvalue weighted by Gasteiger charge is -2.23. The summed E-state index contributed by atoms with van der Waals surface area (Å²) in [6.45, 7) is 8.60. The van der Waals surface area contributed by atoms with Crippen LogP contribution in [0.2, 0.25) is 0 Å². The van der Waals surface area contributed by atoms with Crippen LogP contribution in [0, 0.1) is 5.82 Å². The Labute approximate surface area is 128 Å². The first-order valence-corrected chi connectivity index (χ1v) is 6.56. The maximum Gasteiger partial charge on any atom is 0.509 e. The summed E-state index contributed by atoms with van der Waals surface area (Å²) in [6, 6.07) is 5.15. The third-order valence-electron chi connectivity index (χ3n) is 2.54. The van der Waals surface area contributed by atoms with Gasteiger partial charge in [0, 0.05) is 0 Å². The summed E-state index contributed by atoms with van der Waals surface area (Å²) in [4.78, 5) is 23.4. The van der Waals surface area contributed by atoms with Crippen LogP contribution in [0.15, 0.2) is 36.4 Å². The van der Waals surface area contributed by atoms with Crippen LogP contribution in [-0.4, -0.2) is 24.8 Å². The van der Waals surface area contributed by atoms with Crippen LogP contribution in [0.25, 0.3) is 0 Å². The molecule has 0 aliphatic rings. The second kappa shape index (κ2) is 7.06. The van der Waals surface area contributed by atoms with Gasteiger partial charge < -0.3 is 14.2 Å². The standard InChI is InChI=1S/C16H19FO5/c1-10(14(18)20-5)13(11-6-8-12(17)9-7-11)21-15(19)22-16(2,3)4/h6-9,13H,1H2,2-5H3. The van der Waals surface area contributed by atoms with E-state index in [0.717, 1.165) is 0 Å². The molecule has 0 saturated heterocycles. The van der Waals surface area contributed by atoms with Crippen LogP contribution < -0.4 is 0 Å². The fourth-order valence-corrected chi connectivity index (χ4v) is 1.59. The number of carbonyl (C=O) groups is 2. The zero-order chi connectivity index (χ0) is 16.9. The van der Waals surface area contributed by atoms with Crippen LogP contribution in [0.4, 0.5) is 9.18 Å². The van der Waals surface area contributed by atoms with Gasteiger partial charge in [0.05, 0.1) is 12.7 Å². The molecule has 0 aliphatic heterocycles. The Bertz CT molecular complexity index is 557. The van der Waals surface area contributed by atoms with Gasteiger partial charge >= 0.3 is 12.1 Å². The topological polar surface area (TPSA) is 61.8 Å². The summed E-state index contributed by atoms with van der Waals surface area (Å²) in [5, 5.41) is 0. The Morgan fingerprint density at radius 1 is 1.18 bits per heavy atom. The van der Waals surface area contributed by atoms with Crippen molar-refractivity contribution in [3.63, 3.8) is 0 Å². The number of esters is 1. The highest BCUT2D eigenvalue weighted by Gasteiger charge is 2.28. The Balaban J connectivity index is 3.01. The first-order valence-electron chi connectivity index (χ1n) is 6.56. The molecule has 0 N–H and O–H groups in total. The van der Waals surface area contributed by atoms with E-state index < -0.39 is 29.6 Å². The third-order valence-corrected chi connectivity index (χ3v) is 2.54. The van der Waals surface area contributed by atoms with E-state index in [-0.39, 0.29) is 5.57 Å². The normalized spacial score (nSPS) is 12.2. The molecule has 0 amide bonds. The molecule has 0 fully saturated rings. The summed E-state index contributed by atoms with van der Waals surface area (Å²) in [7, 11) is 1.18. The van der Waals surface area contributed by atoms with E-state index in [4.69, 9.17) is 9.47 Å². The van der Waals surface area contributed by atoms with Crippen molar-refractivity contribution in [2.24, 2.45) is 0 Å². The Morgan fingerprint density at radius 2 is 1.73 bits per heavy atom. The van der Waals surface area contributed by atoms with Crippen molar-refractivity contribution in [3.05, 3.63) is 47.8 Å². The number of hydrogen-bond acceptors (Lipinski definition) is 5. The van der Waals surface area contributed by atoms with Gasteiger partial charge in [0.15, 0.2) is 6.10 Å². The highest BCUT2D eigenvalue weighted by atomic mass is 19.1. The van der Waals surface area contributed by atoms with Crippen LogP contribution in [0.1, 0.15) is 32.4 Å².